The maximum atomic E-state index is 13.3. The van der Waals surface area contributed by atoms with Gasteiger partial charge in [-0.3, -0.25) is 9.78 Å². The third-order valence-electron chi connectivity index (χ3n) is 3.65. The van der Waals surface area contributed by atoms with Crippen LogP contribution in [-0.2, 0) is 11.0 Å². The number of nitrogens with zero attached hydrogens (tertiary/aromatic N) is 3. The Morgan fingerprint density at radius 2 is 1.86 bits per heavy atom. The fraction of sp³-hybridized carbons (Fsp3) is 0.158. The van der Waals surface area contributed by atoms with Crippen LogP contribution in [0.2, 0.25) is 0 Å². The number of amides is 1. The molecule has 28 heavy (non-hydrogen) atoms. The first kappa shape index (κ1) is 19.8. The predicted molar refractivity (Wildman–Crippen MR) is 101 cm³/mol. The molecule has 1 aromatic carbocycles. The van der Waals surface area contributed by atoms with Crippen molar-refractivity contribution in [3.63, 3.8) is 0 Å². The van der Waals surface area contributed by atoms with Crippen LogP contribution in [0.4, 0.5) is 18.9 Å². The Balaban J connectivity index is 1.85. The highest BCUT2D eigenvalue weighted by Crippen LogP contribution is 2.33. The number of hydrogen-bond acceptors (Lipinski definition) is 5. The molecule has 1 unspecified atom stereocenters. The molecule has 1 N–H and O–H groups in total. The first-order valence-electron chi connectivity index (χ1n) is 8.22. The number of alkyl halides is 3. The van der Waals surface area contributed by atoms with Crippen LogP contribution >= 0.6 is 11.8 Å². The van der Waals surface area contributed by atoms with Gasteiger partial charge in [0.25, 0.3) is 0 Å². The Labute approximate surface area is 163 Å². The molecule has 2 aromatic heterocycles. The number of anilines is 1. The van der Waals surface area contributed by atoms with Crippen molar-refractivity contribution in [3.8, 4) is 11.3 Å². The van der Waals surface area contributed by atoms with E-state index >= 15 is 0 Å². The number of carbonyl (C=O) groups is 1. The van der Waals surface area contributed by atoms with Crippen LogP contribution in [0.15, 0.2) is 66.1 Å². The van der Waals surface area contributed by atoms with Gasteiger partial charge >= 0.3 is 6.18 Å². The van der Waals surface area contributed by atoms with Gasteiger partial charge in [0.1, 0.15) is 5.69 Å². The molecule has 0 saturated carbocycles. The lowest BCUT2D eigenvalue weighted by atomic mass is 10.1. The highest BCUT2D eigenvalue weighted by Gasteiger charge is 2.34. The van der Waals surface area contributed by atoms with Gasteiger partial charge in [0.15, 0.2) is 5.16 Å². The first-order valence-corrected chi connectivity index (χ1v) is 9.10. The zero-order valence-electron chi connectivity index (χ0n) is 14.6. The predicted octanol–water partition coefficient (Wildman–Crippen LogP) is 4.68. The molecular weight excluding hydrogens is 389 g/mol. The third kappa shape index (κ3) is 5.07. The van der Waals surface area contributed by atoms with Crippen molar-refractivity contribution < 1.29 is 18.0 Å². The second-order valence-corrected chi connectivity index (χ2v) is 7.08. The fourth-order valence-electron chi connectivity index (χ4n) is 2.27. The number of nitrogens with one attached hydrogen (secondary N) is 1. The number of pyridine rings is 1. The Bertz CT molecular complexity index is 952. The van der Waals surface area contributed by atoms with Gasteiger partial charge in [0.05, 0.1) is 22.8 Å². The summed E-state index contributed by atoms with van der Waals surface area (Å²) in [5.41, 5.74) is 0.119. The molecule has 9 heteroatoms. The fourth-order valence-corrected chi connectivity index (χ4v) is 3.06. The van der Waals surface area contributed by atoms with Crippen molar-refractivity contribution >= 4 is 23.4 Å². The van der Waals surface area contributed by atoms with E-state index in [1.54, 1.807) is 55.6 Å². The normalized spacial score (nSPS) is 12.4. The van der Waals surface area contributed by atoms with Gasteiger partial charge in [-0.2, -0.15) is 13.2 Å². The van der Waals surface area contributed by atoms with Crippen molar-refractivity contribution in [2.75, 3.05) is 5.32 Å². The van der Waals surface area contributed by atoms with Crippen LogP contribution < -0.4 is 5.32 Å². The molecule has 0 bridgehead atoms. The molecule has 0 aliphatic carbocycles. The monoisotopic (exact) mass is 404 g/mol. The van der Waals surface area contributed by atoms with Gasteiger partial charge in [-0.05, 0) is 25.1 Å². The minimum atomic E-state index is -4.62. The molecular formula is C19H15F3N4OS. The Morgan fingerprint density at radius 1 is 1.11 bits per heavy atom. The number of hydrogen-bond donors (Lipinski definition) is 1. The average Bonchev–Trinajstić information content (AvgIpc) is 2.68. The van der Waals surface area contributed by atoms with E-state index in [1.807, 2.05) is 0 Å². The first-order chi connectivity index (χ1) is 13.3. The summed E-state index contributed by atoms with van der Waals surface area (Å²) in [7, 11) is 0. The maximum absolute atomic E-state index is 13.3. The van der Waals surface area contributed by atoms with Gasteiger partial charge in [0.2, 0.25) is 5.91 Å². The molecule has 0 fully saturated rings. The summed E-state index contributed by atoms with van der Waals surface area (Å²) in [5, 5.41) is 1.81. The summed E-state index contributed by atoms with van der Waals surface area (Å²) in [5.74, 6) is -0.389. The Kier molecular flexibility index (Phi) is 5.93. The quantitative estimate of drug-likeness (QED) is 0.494. The summed E-state index contributed by atoms with van der Waals surface area (Å²) < 4.78 is 39.8. The topological polar surface area (TPSA) is 67.8 Å². The van der Waals surface area contributed by atoms with E-state index in [0.717, 1.165) is 17.8 Å². The van der Waals surface area contributed by atoms with Crippen LogP contribution in [0.25, 0.3) is 11.3 Å². The summed E-state index contributed by atoms with van der Waals surface area (Å²) in [6.07, 6.45) is -1.58. The standard InChI is InChI=1S/C19H15F3N4OS/c1-12(17(27)24-14-8-5-9-23-11-14)28-18-25-15(13-6-3-2-4-7-13)10-16(26-18)19(20,21)22/h2-12H,1H3,(H,24,27). The van der Waals surface area contributed by atoms with Crippen LogP contribution in [0.1, 0.15) is 12.6 Å². The summed E-state index contributed by atoms with van der Waals surface area (Å²) in [6, 6.07) is 12.7. The molecule has 0 radical (unpaired) electrons. The molecule has 2 heterocycles. The average molecular weight is 404 g/mol. The van der Waals surface area contributed by atoms with Gasteiger partial charge in [0, 0.05) is 11.8 Å². The lowest BCUT2D eigenvalue weighted by molar-refractivity contribution is -0.141. The second kappa shape index (κ2) is 8.39. The van der Waals surface area contributed by atoms with Gasteiger partial charge in [-0.1, -0.05) is 42.1 Å². The molecule has 3 rings (SSSR count). The number of halogens is 3. The van der Waals surface area contributed by atoms with E-state index < -0.39 is 17.1 Å². The van der Waals surface area contributed by atoms with Gasteiger partial charge < -0.3 is 5.32 Å². The molecule has 144 valence electrons. The Hall–Kier alpha value is -2.94. The minimum absolute atomic E-state index is 0.123. The van der Waals surface area contributed by atoms with Crippen LogP contribution in [-0.4, -0.2) is 26.1 Å². The van der Waals surface area contributed by atoms with Crippen molar-refractivity contribution in [2.45, 2.75) is 23.5 Å². The molecule has 0 saturated heterocycles. The molecule has 0 aliphatic rings. The van der Waals surface area contributed by atoms with Crippen LogP contribution in [0, 0.1) is 0 Å². The highest BCUT2D eigenvalue weighted by atomic mass is 32.2. The number of thioether (sulfide) groups is 1. The summed E-state index contributed by atoms with van der Waals surface area (Å²) >= 11 is 0.855. The number of benzene rings is 1. The van der Waals surface area contributed by atoms with E-state index in [2.05, 4.69) is 20.3 Å². The molecule has 0 spiro atoms. The molecule has 1 atom stereocenters. The molecule has 5 nitrogen and oxygen atoms in total. The number of aromatic nitrogens is 3. The van der Waals surface area contributed by atoms with Gasteiger partial charge in [-0.15, -0.1) is 0 Å². The van der Waals surface area contributed by atoms with E-state index in [9.17, 15) is 18.0 Å². The lowest BCUT2D eigenvalue weighted by Gasteiger charge is -2.13. The number of carbonyl (C=O) groups excluding carboxylic acids is 1. The van der Waals surface area contributed by atoms with E-state index in [1.165, 1.54) is 6.20 Å². The Morgan fingerprint density at radius 3 is 2.50 bits per heavy atom. The van der Waals surface area contributed by atoms with Gasteiger partial charge in [-0.25, -0.2) is 9.97 Å². The summed E-state index contributed by atoms with van der Waals surface area (Å²) in [4.78, 5) is 24.0. The minimum Gasteiger partial charge on any atom is -0.324 e. The van der Waals surface area contributed by atoms with Crippen LogP contribution in [0.5, 0.6) is 0 Å². The highest BCUT2D eigenvalue weighted by molar-refractivity contribution is 8.00. The largest absolute Gasteiger partial charge is 0.433 e. The van der Waals surface area contributed by atoms with E-state index in [-0.39, 0.29) is 16.8 Å². The molecule has 0 aliphatic heterocycles. The molecule has 1 amide bonds. The van der Waals surface area contributed by atoms with Crippen molar-refractivity contribution in [1.82, 2.24) is 15.0 Å². The van der Waals surface area contributed by atoms with Crippen molar-refractivity contribution in [1.29, 1.82) is 0 Å². The van der Waals surface area contributed by atoms with Crippen LogP contribution in [0.3, 0.4) is 0 Å². The van der Waals surface area contributed by atoms with E-state index in [0.29, 0.717) is 11.3 Å². The lowest BCUT2D eigenvalue weighted by Crippen LogP contribution is -2.23. The van der Waals surface area contributed by atoms with Crippen molar-refractivity contribution in [2.24, 2.45) is 0 Å². The molecule has 3 aromatic rings. The maximum Gasteiger partial charge on any atom is 0.433 e. The third-order valence-corrected chi connectivity index (χ3v) is 4.61. The van der Waals surface area contributed by atoms with E-state index in [4.69, 9.17) is 0 Å². The summed E-state index contributed by atoms with van der Waals surface area (Å²) in [6.45, 7) is 1.57. The zero-order valence-corrected chi connectivity index (χ0v) is 15.5. The second-order valence-electron chi connectivity index (χ2n) is 5.78. The number of rotatable bonds is 5. The smallest absolute Gasteiger partial charge is 0.324 e. The zero-order chi connectivity index (χ0) is 20.1. The van der Waals surface area contributed by atoms with Crippen molar-refractivity contribution in [3.05, 3.63) is 66.6 Å². The SMILES string of the molecule is CC(Sc1nc(-c2ccccc2)cc(C(F)(F)F)n1)C(=O)Nc1cccnc1.